The van der Waals surface area contributed by atoms with Gasteiger partial charge < -0.3 is 0 Å². The Morgan fingerprint density at radius 3 is 2.27 bits per heavy atom. The number of rotatable bonds is 2. The molecule has 2 aromatic carbocycles. The molecule has 0 radical (unpaired) electrons. The van der Waals surface area contributed by atoms with E-state index < -0.39 is 10.2 Å². The van der Waals surface area contributed by atoms with Gasteiger partial charge in [0.05, 0.1) is 43.1 Å². The van der Waals surface area contributed by atoms with Crippen LogP contribution in [-0.2, 0) is 6.42 Å². The van der Waals surface area contributed by atoms with Gasteiger partial charge in [-0.1, -0.05) is 50.2 Å². The third-order valence-corrected chi connectivity index (χ3v) is 5.71. The number of benzene rings is 2. The summed E-state index contributed by atoms with van der Waals surface area (Å²) in [5, 5.41) is 1.10. The Labute approximate surface area is 193 Å². The molecule has 0 aromatic heterocycles. The van der Waals surface area contributed by atoms with Crippen LogP contribution in [0.3, 0.4) is 0 Å². The molecule has 3 aliphatic rings. The van der Waals surface area contributed by atoms with Crippen molar-refractivity contribution < 1.29 is 33.7 Å². The number of hydrogen-bond donors (Lipinski definition) is 2. The molecule has 2 aliphatic heterocycles. The number of aromatic nitrogens is 2. The fourth-order valence-corrected chi connectivity index (χ4v) is 4.49. The van der Waals surface area contributed by atoms with Crippen LogP contribution in [0.4, 0.5) is 5.69 Å². The number of anilines is 1. The van der Waals surface area contributed by atoms with E-state index in [0.29, 0.717) is 6.42 Å². The number of carbonyl (C=O) groups is 1. The van der Waals surface area contributed by atoms with Gasteiger partial charge in [-0.05, 0) is 37.0 Å². The van der Waals surface area contributed by atoms with Gasteiger partial charge in [0.25, 0.3) is 0 Å². The summed E-state index contributed by atoms with van der Waals surface area (Å²) >= 11 is 0. The zero-order chi connectivity index (χ0) is 24.0. The fraction of sp³-hybridized carbons (Fsp3) is 0.250. The highest BCUT2D eigenvalue weighted by Gasteiger charge is 2.38. The average molecular weight is 470 g/mol. The van der Waals surface area contributed by atoms with E-state index in [0.717, 1.165) is 51.2 Å². The zero-order valence-corrected chi connectivity index (χ0v) is 19.2. The van der Waals surface area contributed by atoms with Crippen molar-refractivity contribution in [2.24, 2.45) is 5.41 Å². The average Bonchev–Trinajstić information content (AvgIpc) is 3.09. The fourth-order valence-electron chi connectivity index (χ4n) is 4.49. The van der Waals surface area contributed by atoms with Gasteiger partial charge in [0.15, 0.2) is 5.78 Å². The number of para-hydroxylation sites is 2. The molecule has 0 bridgehead atoms. The van der Waals surface area contributed by atoms with E-state index in [2.05, 4.69) is 36.9 Å². The molecule has 0 unspecified atom stereocenters. The number of ketones is 1. The van der Waals surface area contributed by atoms with Crippen molar-refractivity contribution in [2.45, 2.75) is 33.6 Å². The summed E-state index contributed by atoms with van der Waals surface area (Å²) in [6, 6.07) is 18.2. The van der Waals surface area contributed by atoms with E-state index >= 15 is 0 Å². The standard InChI is InChI=1S/C24H23N3O.ClHO4/c1-15-21-17-11-7-8-12-18(17)25-23(21)22-19(13-24(2,3)14-20(22)28)27(15)26-16-9-5-4-6-10-16;2-1(3,4)5/h4-12,26H,13-14H2,1-3H3;(H,2,3,4,5). The highest BCUT2D eigenvalue weighted by molar-refractivity contribution is 6.10. The predicted octanol–water partition coefficient (Wildman–Crippen LogP) is 1.36. The molecule has 2 N–H and O–H groups in total. The van der Waals surface area contributed by atoms with Gasteiger partial charge in [-0.3, -0.25) is 14.9 Å². The van der Waals surface area contributed by atoms with Crippen LogP contribution in [0.25, 0.3) is 22.2 Å². The van der Waals surface area contributed by atoms with Crippen LogP contribution in [-0.4, -0.2) is 20.1 Å². The summed E-state index contributed by atoms with van der Waals surface area (Å²) in [6.45, 7) is 6.43. The lowest BCUT2D eigenvalue weighted by Crippen LogP contribution is -2.58. The second-order valence-corrected chi connectivity index (χ2v) is 9.70. The third-order valence-electron chi connectivity index (χ3n) is 5.71. The van der Waals surface area contributed by atoms with Crippen molar-refractivity contribution in [3.8, 4) is 11.3 Å². The molecule has 33 heavy (non-hydrogen) atoms. The van der Waals surface area contributed by atoms with E-state index in [-0.39, 0.29) is 11.2 Å². The molecular formula is C24H24ClN3O5. The Kier molecular flexibility index (Phi) is 5.90. The van der Waals surface area contributed by atoms with E-state index in [4.69, 9.17) is 23.6 Å². The van der Waals surface area contributed by atoms with E-state index in [1.54, 1.807) is 0 Å². The monoisotopic (exact) mass is 469 g/mol. The second kappa shape index (κ2) is 8.40. The largest absolute Gasteiger partial charge is 0.294 e. The van der Waals surface area contributed by atoms with Crippen molar-refractivity contribution in [1.82, 2.24) is 9.66 Å². The molecule has 5 rings (SSSR count). The lowest BCUT2D eigenvalue weighted by molar-refractivity contribution is -1.92. The first kappa shape index (κ1) is 23.2. The molecule has 0 saturated heterocycles. The third kappa shape index (κ3) is 4.85. The van der Waals surface area contributed by atoms with Crippen molar-refractivity contribution >= 4 is 22.4 Å². The van der Waals surface area contributed by atoms with E-state index in [9.17, 15) is 4.79 Å². The quantitative estimate of drug-likeness (QED) is 0.452. The number of fused-ring (bicyclic) bond motifs is 5. The van der Waals surface area contributed by atoms with Gasteiger partial charge >= 0.3 is 0 Å². The Bertz CT molecular complexity index is 1290. The summed E-state index contributed by atoms with van der Waals surface area (Å²) in [7, 11) is -4.69. The lowest BCUT2D eigenvalue weighted by Gasteiger charge is -2.34. The van der Waals surface area contributed by atoms with Crippen LogP contribution in [0.5, 0.6) is 0 Å². The van der Waals surface area contributed by atoms with Crippen LogP contribution in [0.15, 0.2) is 54.6 Å². The summed E-state index contributed by atoms with van der Waals surface area (Å²) < 4.78 is 34.8. The molecule has 0 spiro atoms. The Morgan fingerprint density at radius 1 is 1.00 bits per heavy atom. The van der Waals surface area contributed by atoms with Crippen LogP contribution >= 0.6 is 0 Å². The number of Topliss-reactive ketones (excluding diaryl/α,β-unsaturated/α-hetero) is 1. The zero-order valence-electron chi connectivity index (χ0n) is 18.5. The maximum absolute atomic E-state index is 13.2. The second-order valence-electron chi connectivity index (χ2n) is 8.91. The first-order chi connectivity index (χ1) is 15.4. The molecule has 9 heteroatoms. The Hall–Kier alpha value is -3.01. The van der Waals surface area contributed by atoms with Gasteiger partial charge in [-0.15, -0.1) is 0 Å². The SMILES string of the molecule is Cc1c2c3ccccc3nc-2c2c(n1Nc1ccccc1)CC(C)(C)CC2=O.[O-][Cl+3]([O-])([O-])O. The molecule has 172 valence electrons. The first-order valence-corrected chi connectivity index (χ1v) is 11.6. The molecular weight excluding hydrogens is 446 g/mol. The van der Waals surface area contributed by atoms with Gasteiger partial charge in [0.2, 0.25) is 0 Å². The van der Waals surface area contributed by atoms with Crippen molar-refractivity contribution in [3.63, 3.8) is 0 Å². The maximum atomic E-state index is 13.2. The Balaban J connectivity index is 0.000000471. The van der Waals surface area contributed by atoms with Crippen LogP contribution in [0, 0.1) is 22.6 Å². The minimum Gasteiger partial charge on any atom is -0.294 e. The summed E-state index contributed by atoms with van der Waals surface area (Å²) in [5.41, 5.74) is 10.2. The number of carbonyl (C=O) groups excluding carboxylic acids is 1. The molecule has 0 fully saturated rings. The molecule has 0 amide bonds. The van der Waals surface area contributed by atoms with Crippen molar-refractivity contribution in [3.05, 3.63) is 71.5 Å². The van der Waals surface area contributed by atoms with Crippen LogP contribution in [0.1, 0.15) is 42.0 Å². The molecule has 8 nitrogen and oxygen atoms in total. The Morgan fingerprint density at radius 2 is 1.61 bits per heavy atom. The van der Waals surface area contributed by atoms with Gasteiger partial charge in [-0.25, -0.2) is 4.98 Å². The highest BCUT2D eigenvalue weighted by Crippen LogP contribution is 2.44. The molecule has 2 heterocycles. The number of halogens is 1. The van der Waals surface area contributed by atoms with Crippen molar-refractivity contribution in [2.75, 3.05) is 5.43 Å². The smallest absolute Gasteiger partial charge is 0.167 e. The van der Waals surface area contributed by atoms with Crippen LogP contribution < -0.4 is 19.4 Å². The maximum Gasteiger partial charge on any atom is 0.167 e. The highest BCUT2D eigenvalue weighted by atomic mass is 35.7. The van der Waals surface area contributed by atoms with E-state index in [1.165, 1.54) is 0 Å². The minimum absolute atomic E-state index is 0.0731. The van der Waals surface area contributed by atoms with E-state index in [1.807, 2.05) is 48.5 Å². The number of hydrogen-bond acceptors (Lipinski definition) is 7. The normalized spacial score (nSPS) is 15.2. The van der Waals surface area contributed by atoms with Gasteiger partial charge in [0, 0.05) is 23.1 Å². The topological polar surface area (TPSA) is 136 Å². The summed E-state index contributed by atoms with van der Waals surface area (Å²) in [6.07, 6.45) is 1.38. The summed E-state index contributed by atoms with van der Waals surface area (Å²) in [4.78, 5) is 18.1. The molecule has 0 saturated carbocycles. The molecule has 2 aromatic rings. The number of pyridine rings is 1. The van der Waals surface area contributed by atoms with Crippen LogP contribution in [0.2, 0.25) is 0 Å². The summed E-state index contributed by atoms with van der Waals surface area (Å²) in [5.74, 6) is 0.183. The van der Waals surface area contributed by atoms with Gasteiger partial charge in [0.1, 0.15) is 0 Å². The minimum atomic E-state index is -4.69. The predicted molar refractivity (Wildman–Crippen MR) is 115 cm³/mol. The molecule has 1 aliphatic carbocycles. The molecule has 0 atom stereocenters. The lowest BCUT2D eigenvalue weighted by atomic mass is 9.74. The first-order valence-electron chi connectivity index (χ1n) is 10.4. The number of nitrogens with zero attached hydrogens (tertiary/aromatic N) is 2. The number of nitrogens with one attached hydrogen (secondary N) is 1. The van der Waals surface area contributed by atoms with Crippen molar-refractivity contribution in [1.29, 1.82) is 0 Å². The van der Waals surface area contributed by atoms with Gasteiger partial charge in [-0.2, -0.15) is 14.0 Å².